The zero-order valence-corrected chi connectivity index (χ0v) is 12.0. The number of nitrogens with zero attached hydrogens (tertiary/aromatic N) is 2. The van der Waals surface area contributed by atoms with E-state index in [1.54, 1.807) is 0 Å². The lowest BCUT2D eigenvalue weighted by atomic mass is 10.1. The third-order valence-corrected chi connectivity index (χ3v) is 3.83. The number of nitrogens with one attached hydrogen (secondary N) is 1. The van der Waals surface area contributed by atoms with E-state index < -0.39 is 0 Å². The van der Waals surface area contributed by atoms with Crippen LogP contribution in [-0.4, -0.2) is 31.2 Å². The summed E-state index contributed by atoms with van der Waals surface area (Å²) in [5, 5.41) is 4.63. The van der Waals surface area contributed by atoms with Crippen LogP contribution in [0, 0.1) is 6.92 Å². The summed E-state index contributed by atoms with van der Waals surface area (Å²) in [5.41, 5.74) is 3.46. The highest BCUT2D eigenvalue weighted by Crippen LogP contribution is 2.29. The van der Waals surface area contributed by atoms with Gasteiger partial charge in [-0.05, 0) is 31.2 Å². The van der Waals surface area contributed by atoms with Gasteiger partial charge in [0, 0.05) is 47.4 Å². The first kappa shape index (κ1) is 11.9. The Bertz CT molecular complexity index is 571. The maximum Gasteiger partial charge on any atom is 0.0737 e. The van der Waals surface area contributed by atoms with E-state index in [2.05, 4.69) is 62.3 Å². The smallest absolute Gasteiger partial charge is 0.0737 e. The van der Waals surface area contributed by atoms with Gasteiger partial charge in [-0.3, -0.25) is 4.98 Å². The molecule has 4 heteroatoms. The van der Waals surface area contributed by atoms with E-state index >= 15 is 0 Å². The third kappa shape index (κ3) is 2.22. The average molecular weight is 306 g/mol. The highest BCUT2D eigenvalue weighted by atomic mass is 79.9. The minimum atomic E-state index is 1.05. The van der Waals surface area contributed by atoms with Crippen LogP contribution in [0.5, 0.6) is 0 Å². The third-order valence-electron chi connectivity index (χ3n) is 3.34. The number of hydrogen-bond acceptors (Lipinski definition) is 3. The first-order valence-electron chi connectivity index (χ1n) is 6.26. The van der Waals surface area contributed by atoms with Gasteiger partial charge < -0.3 is 10.2 Å². The van der Waals surface area contributed by atoms with E-state index in [4.69, 9.17) is 0 Å². The molecule has 2 heterocycles. The van der Waals surface area contributed by atoms with Crippen molar-refractivity contribution in [1.82, 2.24) is 10.3 Å². The van der Waals surface area contributed by atoms with Gasteiger partial charge in [-0.2, -0.15) is 0 Å². The van der Waals surface area contributed by atoms with E-state index in [0.717, 1.165) is 41.9 Å². The van der Waals surface area contributed by atoms with Crippen LogP contribution in [0.2, 0.25) is 0 Å². The van der Waals surface area contributed by atoms with Crippen molar-refractivity contribution in [3.8, 4) is 0 Å². The van der Waals surface area contributed by atoms with Crippen LogP contribution in [0.3, 0.4) is 0 Å². The average Bonchev–Trinajstić information content (AvgIpc) is 2.38. The minimum Gasteiger partial charge on any atom is -0.368 e. The molecule has 18 heavy (non-hydrogen) atoms. The minimum absolute atomic E-state index is 1.05. The molecule has 1 aromatic carbocycles. The summed E-state index contributed by atoms with van der Waals surface area (Å²) in [4.78, 5) is 7.07. The van der Waals surface area contributed by atoms with Crippen molar-refractivity contribution in [1.29, 1.82) is 0 Å². The summed E-state index contributed by atoms with van der Waals surface area (Å²) >= 11 is 3.51. The quantitative estimate of drug-likeness (QED) is 0.878. The predicted molar refractivity (Wildman–Crippen MR) is 79.3 cm³/mol. The molecular weight excluding hydrogens is 290 g/mol. The van der Waals surface area contributed by atoms with Gasteiger partial charge in [0.25, 0.3) is 0 Å². The summed E-state index contributed by atoms with van der Waals surface area (Å²) in [7, 11) is 0. The number of halogens is 1. The molecule has 1 aromatic heterocycles. The fourth-order valence-electron chi connectivity index (χ4n) is 2.48. The summed E-state index contributed by atoms with van der Waals surface area (Å²) < 4.78 is 1.08. The van der Waals surface area contributed by atoms with E-state index in [1.165, 1.54) is 11.1 Å². The Morgan fingerprint density at radius 3 is 2.78 bits per heavy atom. The van der Waals surface area contributed by atoms with Crippen molar-refractivity contribution >= 4 is 32.5 Å². The fourth-order valence-corrected chi connectivity index (χ4v) is 2.83. The van der Waals surface area contributed by atoms with Crippen LogP contribution in [0.15, 0.2) is 28.7 Å². The molecule has 3 rings (SSSR count). The Labute approximate surface area is 115 Å². The second kappa shape index (κ2) is 4.86. The Morgan fingerprint density at radius 2 is 2.00 bits per heavy atom. The van der Waals surface area contributed by atoms with Crippen LogP contribution in [0.4, 0.5) is 5.69 Å². The summed E-state index contributed by atoms with van der Waals surface area (Å²) in [5.74, 6) is 0. The molecule has 1 saturated heterocycles. The predicted octanol–water partition coefficient (Wildman–Crippen LogP) is 2.72. The lowest BCUT2D eigenvalue weighted by Crippen LogP contribution is -2.43. The lowest BCUT2D eigenvalue weighted by Gasteiger charge is -2.30. The molecule has 1 fully saturated rings. The monoisotopic (exact) mass is 305 g/mol. The van der Waals surface area contributed by atoms with Gasteiger partial charge in [0.1, 0.15) is 0 Å². The van der Waals surface area contributed by atoms with E-state index in [0.29, 0.717) is 0 Å². The Balaban J connectivity index is 2.14. The number of anilines is 1. The molecule has 94 valence electrons. The SMILES string of the molecule is Cc1cc(N2CCNCC2)c2ccc(Br)cc2n1. The largest absolute Gasteiger partial charge is 0.368 e. The molecule has 2 aromatic rings. The van der Waals surface area contributed by atoms with Crippen molar-refractivity contribution in [3.05, 3.63) is 34.4 Å². The molecule has 0 bridgehead atoms. The topological polar surface area (TPSA) is 28.2 Å². The molecule has 0 amide bonds. The van der Waals surface area contributed by atoms with Gasteiger partial charge in [-0.1, -0.05) is 15.9 Å². The molecule has 0 atom stereocenters. The van der Waals surface area contributed by atoms with Crippen molar-refractivity contribution < 1.29 is 0 Å². The van der Waals surface area contributed by atoms with Crippen LogP contribution in [0.1, 0.15) is 5.69 Å². The van der Waals surface area contributed by atoms with E-state index in [9.17, 15) is 0 Å². The van der Waals surface area contributed by atoms with Crippen LogP contribution >= 0.6 is 15.9 Å². The molecule has 0 radical (unpaired) electrons. The molecular formula is C14H16BrN3. The van der Waals surface area contributed by atoms with Crippen LogP contribution in [-0.2, 0) is 0 Å². The second-order valence-electron chi connectivity index (χ2n) is 4.68. The zero-order valence-electron chi connectivity index (χ0n) is 10.4. The van der Waals surface area contributed by atoms with Crippen molar-refractivity contribution in [3.63, 3.8) is 0 Å². The highest BCUT2D eigenvalue weighted by Gasteiger charge is 2.14. The number of pyridine rings is 1. The highest BCUT2D eigenvalue weighted by molar-refractivity contribution is 9.10. The number of aromatic nitrogens is 1. The van der Waals surface area contributed by atoms with Gasteiger partial charge in [0.15, 0.2) is 0 Å². The van der Waals surface area contributed by atoms with Gasteiger partial charge in [0.05, 0.1) is 5.52 Å². The first-order chi connectivity index (χ1) is 8.74. The summed E-state index contributed by atoms with van der Waals surface area (Å²) in [6.07, 6.45) is 0. The fraction of sp³-hybridized carbons (Fsp3) is 0.357. The molecule has 1 N–H and O–H groups in total. The first-order valence-corrected chi connectivity index (χ1v) is 7.06. The van der Waals surface area contributed by atoms with Crippen molar-refractivity contribution in [2.75, 3.05) is 31.1 Å². The summed E-state index contributed by atoms with van der Waals surface area (Å²) in [6.45, 7) is 6.30. The Hall–Kier alpha value is -1.13. The number of aryl methyl sites for hydroxylation is 1. The summed E-state index contributed by atoms with van der Waals surface area (Å²) in [6, 6.07) is 8.53. The van der Waals surface area contributed by atoms with Crippen molar-refractivity contribution in [2.45, 2.75) is 6.92 Å². The Morgan fingerprint density at radius 1 is 1.22 bits per heavy atom. The second-order valence-corrected chi connectivity index (χ2v) is 5.60. The van der Waals surface area contributed by atoms with Gasteiger partial charge in [0.2, 0.25) is 0 Å². The number of fused-ring (bicyclic) bond motifs is 1. The van der Waals surface area contributed by atoms with Gasteiger partial charge >= 0.3 is 0 Å². The maximum atomic E-state index is 4.62. The standard InChI is InChI=1S/C14H16BrN3/c1-10-8-14(18-6-4-16-5-7-18)12-3-2-11(15)9-13(12)17-10/h2-3,8-9,16H,4-7H2,1H3. The lowest BCUT2D eigenvalue weighted by molar-refractivity contribution is 0.590. The Kier molecular flexibility index (Phi) is 3.22. The van der Waals surface area contributed by atoms with Crippen LogP contribution in [0.25, 0.3) is 10.9 Å². The molecule has 1 aliphatic rings. The molecule has 0 aliphatic carbocycles. The molecule has 0 unspecified atom stereocenters. The number of piperazine rings is 1. The van der Waals surface area contributed by atoms with Gasteiger partial charge in [-0.15, -0.1) is 0 Å². The maximum absolute atomic E-state index is 4.62. The number of rotatable bonds is 1. The number of hydrogen-bond donors (Lipinski definition) is 1. The van der Waals surface area contributed by atoms with Crippen molar-refractivity contribution in [2.24, 2.45) is 0 Å². The molecule has 1 aliphatic heterocycles. The molecule has 0 saturated carbocycles. The molecule has 0 spiro atoms. The van der Waals surface area contributed by atoms with Crippen LogP contribution < -0.4 is 10.2 Å². The molecule has 3 nitrogen and oxygen atoms in total. The van der Waals surface area contributed by atoms with E-state index in [1.807, 2.05) is 0 Å². The normalized spacial score (nSPS) is 16.2. The zero-order chi connectivity index (χ0) is 12.5. The van der Waals surface area contributed by atoms with Gasteiger partial charge in [-0.25, -0.2) is 0 Å². The number of benzene rings is 1. The van der Waals surface area contributed by atoms with E-state index in [-0.39, 0.29) is 0 Å².